The molecule has 4 rings (SSSR count). The summed E-state index contributed by atoms with van der Waals surface area (Å²) in [6.07, 6.45) is 0.331. The summed E-state index contributed by atoms with van der Waals surface area (Å²) in [6, 6.07) is 24.1. The number of nitrogens with zero attached hydrogens (tertiary/aromatic N) is 1. The number of hydrogen-bond acceptors (Lipinski definition) is 4. The monoisotopic (exact) mass is 416 g/mol. The summed E-state index contributed by atoms with van der Waals surface area (Å²) < 4.78 is 0. The van der Waals surface area contributed by atoms with Crippen LogP contribution in [0.1, 0.15) is 26.3 Å². The van der Waals surface area contributed by atoms with E-state index in [1.807, 2.05) is 54.6 Å². The molecule has 0 saturated heterocycles. The van der Waals surface area contributed by atoms with E-state index in [0.29, 0.717) is 29.8 Å². The fourth-order valence-electron chi connectivity index (χ4n) is 3.32. The molecule has 3 aromatic rings. The molecule has 1 aliphatic rings. The molecule has 0 unspecified atom stereocenters. The lowest BCUT2D eigenvalue weighted by molar-refractivity contribution is -0.115. The third kappa shape index (κ3) is 4.44. The third-order valence-corrected chi connectivity index (χ3v) is 5.80. The van der Waals surface area contributed by atoms with Gasteiger partial charge < -0.3 is 5.32 Å². The zero-order chi connectivity index (χ0) is 20.9. The summed E-state index contributed by atoms with van der Waals surface area (Å²) in [5, 5.41) is 2.89. The van der Waals surface area contributed by atoms with Gasteiger partial charge in [0.25, 0.3) is 11.8 Å². The van der Waals surface area contributed by atoms with Gasteiger partial charge in [-0.05, 0) is 42.0 Å². The van der Waals surface area contributed by atoms with Crippen molar-refractivity contribution in [2.45, 2.75) is 11.3 Å². The first-order chi connectivity index (χ1) is 14.6. The van der Waals surface area contributed by atoms with Crippen molar-refractivity contribution in [3.63, 3.8) is 0 Å². The van der Waals surface area contributed by atoms with Gasteiger partial charge in [0, 0.05) is 22.9 Å². The minimum Gasteiger partial charge on any atom is -0.326 e. The Bertz CT molecular complexity index is 1050. The molecule has 1 N–H and O–H groups in total. The van der Waals surface area contributed by atoms with Gasteiger partial charge in [-0.3, -0.25) is 19.3 Å². The second kappa shape index (κ2) is 8.97. The average molecular weight is 417 g/mol. The topological polar surface area (TPSA) is 66.5 Å². The van der Waals surface area contributed by atoms with E-state index in [2.05, 4.69) is 5.32 Å². The molecule has 0 atom stereocenters. The highest BCUT2D eigenvalue weighted by molar-refractivity contribution is 7.99. The van der Waals surface area contributed by atoms with Crippen LogP contribution in [0.5, 0.6) is 0 Å². The number of carbonyl (C=O) groups excluding carboxylic acids is 3. The Morgan fingerprint density at radius 2 is 1.40 bits per heavy atom. The predicted molar refractivity (Wildman–Crippen MR) is 118 cm³/mol. The van der Waals surface area contributed by atoms with E-state index in [1.54, 1.807) is 36.0 Å². The van der Waals surface area contributed by atoms with Gasteiger partial charge in [0.15, 0.2) is 0 Å². The molecule has 1 heterocycles. The Labute approximate surface area is 179 Å². The van der Waals surface area contributed by atoms with E-state index in [-0.39, 0.29) is 17.7 Å². The van der Waals surface area contributed by atoms with E-state index in [1.165, 1.54) is 4.90 Å². The van der Waals surface area contributed by atoms with Crippen LogP contribution in [0.3, 0.4) is 0 Å². The molecular formula is C24H20N2O3S. The van der Waals surface area contributed by atoms with E-state index in [4.69, 9.17) is 0 Å². The Hall–Kier alpha value is -3.38. The normalized spacial score (nSPS) is 12.7. The standard InChI is InChI=1S/C24H20N2O3S/c27-22(16-17-6-2-1-3-7-17)25-18-10-12-19(13-11-18)30-15-14-26-23(28)20-8-4-5-9-21(20)24(26)29/h1-13H,14-16H2,(H,25,27). The van der Waals surface area contributed by atoms with Gasteiger partial charge in [0.2, 0.25) is 5.91 Å². The maximum absolute atomic E-state index is 12.4. The molecule has 5 nitrogen and oxygen atoms in total. The fourth-order valence-corrected chi connectivity index (χ4v) is 4.16. The lowest BCUT2D eigenvalue weighted by Gasteiger charge is -2.13. The quantitative estimate of drug-likeness (QED) is 0.462. The molecule has 0 saturated carbocycles. The van der Waals surface area contributed by atoms with Crippen LogP contribution in [0, 0.1) is 0 Å². The number of carbonyl (C=O) groups is 3. The van der Waals surface area contributed by atoms with Crippen molar-refractivity contribution in [3.8, 4) is 0 Å². The van der Waals surface area contributed by atoms with Gasteiger partial charge in [-0.2, -0.15) is 0 Å². The van der Waals surface area contributed by atoms with Gasteiger partial charge in [-0.1, -0.05) is 42.5 Å². The number of nitrogens with one attached hydrogen (secondary N) is 1. The molecule has 0 spiro atoms. The van der Waals surface area contributed by atoms with E-state index >= 15 is 0 Å². The number of imide groups is 1. The van der Waals surface area contributed by atoms with Gasteiger partial charge in [0.1, 0.15) is 0 Å². The van der Waals surface area contributed by atoms with Crippen LogP contribution in [0.25, 0.3) is 0 Å². The maximum Gasteiger partial charge on any atom is 0.261 e. The summed E-state index contributed by atoms with van der Waals surface area (Å²) in [5.74, 6) is 0.0816. The fraction of sp³-hybridized carbons (Fsp3) is 0.125. The molecule has 30 heavy (non-hydrogen) atoms. The summed E-state index contributed by atoms with van der Waals surface area (Å²) >= 11 is 1.56. The van der Waals surface area contributed by atoms with Crippen LogP contribution in [0.4, 0.5) is 5.69 Å². The zero-order valence-electron chi connectivity index (χ0n) is 16.2. The van der Waals surface area contributed by atoms with Crippen LogP contribution in [-0.2, 0) is 11.2 Å². The molecule has 1 aliphatic heterocycles. The van der Waals surface area contributed by atoms with Gasteiger partial charge in [0.05, 0.1) is 17.5 Å². The lowest BCUT2D eigenvalue weighted by atomic mass is 10.1. The van der Waals surface area contributed by atoms with Crippen LogP contribution >= 0.6 is 11.8 Å². The van der Waals surface area contributed by atoms with Crippen molar-refractivity contribution in [3.05, 3.63) is 95.6 Å². The first-order valence-corrected chi connectivity index (χ1v) is 10.6. The van der Waals surface area contributed by atoms with Gasteiger partial charge >= 0.3 is 0 Å². The summed E-state index contributed by atoms with van der Waals surface area (Å²) in [5.41, 5.74) is 2.65. The highest BCUT2D eigenvalue weighted by Gasteiger charge is 2.34. The summed E-state index contributed by atoms with van der Waals surface area (Å²) in [4.78, 5) is 39.2. The first kappa shape index (κ1) is 19.9. The Balaban J connectivity index is 1.27. The van der Waals surface area contributed by atoms with Crippen LogP contribution in [0.15, 0.2) is 83.8 Å². The number of rotatable bonds is 7. The Morgan fingerprint density at radius 1 is 0.800 bits per heavy atom. The van der Waals surface area contributed by atoms with Crippen molar-refractivity contribution in [2.75, 3.05) is 17.6 Å². The molecule has 3 amide bonds. The SMILES string of the molecule is O=C(Cc1ccccc1)Nc1ccc(SCCN2C(=O)c3ccccc3C2=O)cc1. The van der Waals surface area contributed by atoms with Gasteiger partial charge in [-0.25, -0.2) is 0 Å². The zero-order valence-corrected chi connectivity index (χ0v) is 17.0. The highest BCUT2D eigenvalue weighted by Crippen LogP contribution is 2.25. The van der Waals surface area contributed by atoms with Crippen LogP contribution < -0.4 is 5.32 Å². The minimum absolute atomic E-state index is 0.0628. The van der Waals surface area contributed by atoms with E-state index < -0.39 is 0 Å². The number of fused-ring (bicyclic) bond motifs is 1. The number of thioether (sulfide) groups is 1. The maximum atomic E-state index is 12.4. The summed E-state index contributed by atoms with van der Waals surface area (Å²) in [6.45, 7) is 0.354. The minimum atomic E-state index is -0.229. The molecule has 6 heteroatoms. The molecule has 0 fully saturated rings. The van der Waals surface area contributed by atoms with Crippen molar-refractivity contribution in [1.82, 2.24) is 4.90 Å². The molecule has 0 bridgehead atoms. The van der Waals surface area contributed by atoms with Crippen molar-refractivity contribution in [2.24, 2.45) is 0 Å². The molecule has 0 aromatic heterocycles. The number of anilines is 1. The highest BCUT2D eigenvalue weighted by atomic mass is 32.2. The molecule has 3 aromatic carbocycles. The third-order valence-electron chi connectivity index (χ3n) is 4.81. The molecular weight excluding hydrogens is 396 g/mol. The number of hydrogen-bond donors (Lipinski definition) is 1. The predicted octanol–water partition coefficient (Wildman–Crippen LogP) is 4.26. The van der Waals surface area contributed by atoms with Crippen molar-refractivity contribution < 1.29 is 14.4 Å². The largest absolute Gasteiger partial charge is 0.326 e. The summed E-state index contributed by atoms with van der Waals surface area (Å²) in [7, 11) is 0. The molecule has 0 radical (unpaired) electrons. The molecule has 150 valence electrons. The van der Waals surface area contributed by atoms with Crippen LogP contribution in [-0.4, -0.2) is 34.9 Å². The second-order valence-electron chi connectivity index (χ2n) is 6.89. The second-order valence-corrected chi connectivity index (χ2v) is 8.06. The average Bonchev–Trinajstić information content (AvgIpc) is 3.01. The van der Waals surface area contributed by atoms with E-state index in [9.17, 15) is 14.4 Å². The Kier molecular flexibility index (Phi) is 5.95. The van der Waals surface area contributed by atoms with Gasteiger partial charge in [-0.15, -0.1) is 11.8 Å². The lowest BCUT2D eigenvalue weighted by Crippen LogP contribution is -2.31. The molecule has 0 aliphatic carbocycles. The first-order valence-electron chi connectivity index (χ1n) is 9.64. The Morgan fingerprint density at radius 3 is 2.03 bits per heavy atom. The van der Waals surface area contributed by atoms with Crippen molar-refractivity contribution in [1.29, 1.82) is 0 Å². The van der Waals surface area contributed by atoms with Crippen molar-refractivity contribution >= 4 is 35.2 Å². The van der Waals surface area contributed by atoms with Crippen LogP contribution in [0.2, 0.25) is 0 Å². The number of amides is 3. The smallest absolute Gasteiger partial charge is 0.261 e. The number of benzene rings is 3. The van der Waals surface area contributed by atoms with E-state index in [0.717, 1.165) is 16.1 Å².